The number of carbonyl (C=O) groups excluding carboxylic acids is 2. The van der Waals surface area contributed by atoms with Crippen LogP contribution in [0, 0.1) is 18.8 Å². The van der Waals surface area contributed by atoms with Crippen LogP contribution >= 0.6 is 0 Å². The molecule has 0 aliphatic rings. The van der Waals surface area contributed by atoms with E-state index in [9.17, 15) is 9.59 Å². The van der Waals surface area contributed by atoms with E-state index in [1.807, 2.05) is 25.9 Å². The highest BCUT2D eigenvalue weighted by Gasteiger charge is 2.20. The van der Waals surface area contributed by atoms with Gasteiger partial charge < -0.3 is 25.0 Å². The Morgan fingerprint density at radius 2 is 2.03 bits per heavy atom. The molecule has 11 nitrogen and oxygen atoms in total. The van der Waals surface area contributed by atoms with Gasteiger partial charge in [-0.3, -0.25) is 14.9 Å². The maximum atomic E-state index is 12.4. The highest BCUT2D eigenvalue weighted by molar-refractivity contribution is 5.92. The van der Waals surface area contributed by atoms with Crippen LogP contribution in [-0.2, 0) is 9.59 Å². The van der Waals surface area contributed by atoms with E-state index in [1.165, 1.54) is 11.0 Å². The van der Waals surface area contributed by atoms with Crippen LogP contribution in [0.3, 0.4) is 0 Å². The van der Waals surface area contributed by atoms with Crippen LogP contribution in [0.1, 0.15) is 44.4 Å². The van der Waals surface area contributed by atoms with Gasteiger partial charge in [0.15, 0.2) is 0 Å². The van der Waals surface area contributed by atoms with Crippen LogP contribution in [0.25, 0.3) is 0 Å². The summed E-state index contributed by atoms with van der Waals surface area (Å²) in [6.45, 7) is 7.49. The average Bonchev–Trinajstić information content (AvgIpc) is 3.28. The molecular formula is C26H38N8O3. The number of unbranched alkanes of at least 4 members (excludes halogenated alkanes) is 1. The second kappa shape index (κ2) is 15.3. The molecule has 0 fully saturated rings. The summed E-state index contributed by atoms with van der Waals surface area (Å²) < 4.78 is 5.16. The zero-order chi connectivity index (χ0) is 27.2. The average molecular weight is 511 g/mol. The van der Waals surface area contributed by atoms with E-state index >= 15 is 0 Å². The number of aryl methyl sites for hydroxylation is 1. The first kappa shape index (κ1) is 29.3. The molecule has 2 aromatic rings. The number of hydrogen-bond donors (Lipinski definition) is 3. The maximum Gasteiger partial charge on any atom is 0.246 e. The highest BCUT2D eigenvalue weighted by atomic mass is 16.5. The van der Waals surface area contributed by atoms with Gasteiger partial charge in [-0.05, 0) is 40.8 Å². The Labute approximate surface area is 219 Å². The lowest BCUT2D eigenvalue weighted by Gasteiger charge is -2.23. The first-order chi connectivity index (χ1) is 17.7. The second-order valence-electron chi connectivity index (χ2n) is 8.83. The van der Waals surface area contributed by atoms with Crippen LogP contribution in [-0.4, -0.2) is 83.6 Å². The summed E-state index contributed by atoms with van der Waals surface area (Å²) in [5, 5.41) is 13.0. The summed E-state index contributed by atoms with van der Waals surface area (Å²) in [5.41, 5.74) is 1.45. The predicted octanol–water partition coefficient (Wildman–Crippen LogP) is 2.55. The lowest BCUT2D eigenvalue weighted by molar-refractivity contribution is -0.135. The molecule has 0 spiro atoms. The van der Waals surface area contributed by atoms with Crippen molar-refractivity contribution in [2.45, 2.75) is 46.1 Å². The molecule has 2 rings (SSSR count). The van der Waals surface area contributed by atoms with Gasteiger partial charge in [-0.2, -0.15) is 4.98 Å². The molecule has 2 aromatic heterocycles. The molecule has 0 aliphatic heterocycles. The molecule has 3 N–H and O–H groups in total. The van der Waals surface area contributed by atoms with Crippen LogP contribution in [0.4, 0.5) is 17.7 Å². The normalized spacial score (nSPS) is 11.6. The molecule has 2 amide bonds. The number of carbonyl (C=O) groups is 2. The van der Waals surface area contributed by atoms with Crippen molar-refractivity contribution >= 4 is 29.5 Å². The Morgan fingerprint density at radius 1 is 1.24 bits per heavy atom. The van der Waals surface area contributed by atoms with Gasteiger partial charge in [-0.25, -0.2) is 4.98 Å². The molecule has 0 unspecified atom stereocenters. The smallest absolute Gasteiger partial charge is 0.246 e. The van der Waals surface area contributed by atoms with Crippen molar-refractivity contribution in [1.82, 2.24) is 30.2 Å². The SMILES string of the molecule is CCCNc1nc(Nc2cc(C)no2)ncc1C#CCCCNC(=O)[C@H](C)N(C)C(=O)/C=C/CN(C)C. The van der Waals surface area contributed by atoms with Gasteiger partial charge >= 0.3 is 0 Å². The Balaban J connectivity index is 1.85. The van der Waals surface area contributed by atoms with Crippen molar-refractivity contribution in [1.29, 1.82) is 0 Å². The lowest BCUT2D eigenvalue weighted by Crippen LogP contribution is -2.45. The van der Waals surface area contributed by atoms with Crippen molar-refractivity contribution in [2.24, 2.45) is 0 Å². The monoisotopic (exact) mass is 510 g/mol. The number of rotatable bonds is 13. The van der Waals surface area contributed by atoms with Crippen molar-refractivity contribution in [2.75, 3.05) is 51.4 Å². The summed E-state index contributed by atoms with van der Waals surface area (Å²) in [4.78, 5) is 36.8. The Hall–Kier alpha value is -3.91. The van der Waals surface area contributed by atoms with Gasteiger partial charge in [0.2, 0.25) is 23.6 Å². The summed E-state index contributed by atoms with van der Waals surface area (Å²) in [5.74, 6) is 7.31. The first-order valence-electron chi connectivity index (χ1n) is 12.4. The minimum absolute atomic E-state index is 0.200. The fraction of sp³-hybridized carbons (Fsp3) is 0.500. The Morgan fingerprint density at radius 3 is 2.70 bits per heavy atom. The van der Waals surface area contributed by atoms with Crippen LogP contribution < -0.4 is 16.0 Å². The standard InChI is InChI=1S/C26H38N8O3/c1-7-14-27-24-21(18-29-26(31-24)30-22-17-19(2)32-37-22)12-9-8-10-15-28-25(36)20(3)34(6)23(35)13-11-16-33(4)5/h11,13,17-18,20H,7-8,10,14-16H2,1-6H3,(H,28,36)(H2,27,29,30,31)/b13-11+/t20-/m0/s1. The van der Waals surface area contributed by atoms with Gasteiger partial charge in [-0.1, -0.05) is 30.0 Å². The molecule has 0 radical (unpaired) electrons. The largest absolute Gasteiger partial charge is 0.369 e. The fourth-order valence-corrected chi connectivity index (χ4v) is 2.99. The molecule has 0 bridgehead atoms. The fourth-order valence-electron chi connectivity index (χ4n) is 2.99. The van der Waals surface area contributed by atoms with Gasteiger partial charge in [0.25, 0.3) is 0 Å². The molecule has 0 aromatic carbocycles. The number of hydrogen-bond acceptors (Lipinski definition) is 9. The molecule has 1 atom stereocenters. The number of anilines is 3. The summed E-state index contributed by atoms with van der Waals surface area (Å²) in [6.07, 6.45) is 7.12. The van der Waals surface area contributed by atoms with Gasteiger partial charge in [0.1, 0.15) is 11.9 Å². The van der Waals surface area contributed by atoms with Crippen LogP contribution in [0.15, 0.2) is 28.9 Å². The quantitative estimate of drug-likeness (QED) is 0.211. The van der Waals surface area contributed by atoms with Gasteiger partial charge in [0.05, 0.1) is 17.5 Å². The topological polar surface area (TPSA) is 129 Å². The molecule has 11 heteroatoms. The molecule has 0 aliphatic carbocycles. The molecule has 2 heterocycles. The van der Waals surface area contributed by atoms with Crippen molar-refractivity contribution in [3.8, 4) is 11.8 Å². The van der Waals surface area contributed by atoms with Crippen molar-refractivity contribution < 1.29 is 14.1 Å². The van der Waals surface area contributed by atoms with Crippen LogP contribution in [0.5, 0.6) is 0 Å². The molecule has 37 heavy (non-hydrogen) atoms. The first-order valence-corrected chi connectivity index (χ1v) is 12.4. The van der Waals surface area contributed by atoms with E-state index in [-0.39, 0.29) is 11.8 Å². The number of nitrogens with one attached hydrogen (secondary N) is 3. The van der Waals surface area contributed by atoms with Crippen LogP contribution in [0.2, 0.25) is 0 Å². The van der Waals surface area contributed by atoms with E-state index in [1.54, 1.807) is 32.3 Å². The summed E-state index contributed by atoms with van der Waals surface area (Å²) in [6, 6.07) is 1.19. The van der Waals surface area contributed by atoms with E-state index in [0.717, 1.165) is 18.7 Å². The number of nitrogens with zero attached hydrogens (tertiary/aromatic N) is 5. The zero-order valence-electron chi connectivity index (χ0n) is 22.6. The van der Waals surface area contributed by atoms with Crippen molar-refractivity contribution in [3.05, 3.63) is 35.7 Å². The van der Waals surface area contributed by atoms with Gasteiger partial charge in [-0.15, -0.1) is 0 Å². The van der Waals surface area contributed by atoms with Crippen molar-refractivity contribution in [3.63, 3.8) is 0 Å². The van der Waals surface area contributed by atoms with E-state index in [2.05, 4.69) is 49.8 Å². The minimum Gasteiger partial charge on any atom is -0.369 e. The highest BCUT2D eigenvalue weighted by Crippen LogP contribution is 2.17. The van der Waals surface area contributed by atoms with E-state index < -0.39 is 6.04 Å². The van der Waals surface area contributed by atoms with E-state index in [0.29, 0.717) is 49.1 Å². The number of aromatic nitrogens is 3. The molecular weight excluding hydrogens is 472 g/mol. The third-order valence-electron chi connectivity index (χ3n) is 5.23. The molecule has 0 saturated heterocycles. The second-order valence-corrected chi connectivity index (χ2v) is 8.83. The van der Waals surface area contributed by atoms with Gasteiger partial charge in [0, 0.05) is 45.2 Å². The number of amides is 2. The Bertz CT molecular complexity index is 1120. The van der Waals surface area contributed by atoms with E-state index in [4.69, 9.17) is 4.52 Å². The minimum atomic E-state index is -0.570. The maximum absolute atomic E-state index is 12.4. The lowest BCUT2D eigenvalue weighted by atomic mass is 10.2. The number of likely N-dealkylation sites (N-methyl/N-ethyl adjacent to an activating group) is 2. The predicted molar refractivity (Wildman–Crippen MR) is 144 cm³/mol. The molecule has 200 valence electrons. The third-order valence-corrected chi connectivity index (χ3v) is 5.23. The zero-order valence-corrected chi connectivity index (χ0v) is 22.6. The Kier molecular flexibility index (Phi) is 12.1. The third kappa shape index (κ3) is 10.3. The molecule has 0 saturated carbocycles. The summed E-state index contributed by atoms with van der Waals surface area (Å²) in [7, 11) is 5.47. The summed E-state index contributed by atoms with van der Waals surface area (Å²) >= 11 is 0.